The molecule has 0 saturated carbocycles. The van der Waals surface area contributed by atoms with Gasteiger partial charge < -0.3 is 4.98 Å². The predicted molar refractivity (Wildman–Crippen MR) is 69.6 cm³/mol. The van der Waals surface area contributed by atoms with Crippen molar-refractivity contribution in [2.75, 3.05) is 0 Å². The van der Waals surface area contributed by atoms with E-state index >= 15 is 0 Å². The van der Waals surface area contributed by atoms with Gasteiger partial charge in [-0.25, -0.2) is 9.36 Å². The topological polar surface area (TPSA) is 71.9 Å². The number of nitrogens with zero attached hydrogens (tertiary/aromatic N) is 1. The van der Waals surface area contributed by atoms with E-state index in [9.17, 15) is 18.8 Å². The Hall–Kier alpha value is -2.15. The van der Waals surface area contributed by atoms with Crippen LogP contribution in [0, 0.1) is 5.82 Å². The number of benzene rings is 1. The molecular formula is C12H9FN2O3S. The Morgan fingerprint density at radius 1 is 1.26 bits per heavy atom. The largest absolute Gasteiger partial charge is 0.329 e. The number of carbonyl (C=O) groups is 1. The standard InChI is InChI=1S/C12H9FN2O3S/c13-9-6-14-12(18)15(10(9)16)7-19-11(17)8-4-2-1-3-5-8/h1-6H,7H2,(H,14,18). The van der Waals surface area contributed by atoms with Crippen molar-refractivity contribution in [3.05, 3.63) is 68.7 Å². The molecular weight excluding hydrogens is 271 g/mol. The van der Waals surface area contributed by atoms with Gasteiger partial charge >= 0.3 is 5.69 Å². The van der Waals surface area contributed by atoms with E-state index in [0.29, 0.717) is 16.3 Å². The summed E-state index contributed by atoms with van der Waals surface area (Å²) < 4.78 is 13.6. The fourth-order valence-electron chi connectivity index (χ4n) is 1.38. The number of thioether (sulfide) groups is 1. The molecule has 0 atom stereocenters. The number of H-pyrrole nitrogens is 1. The van der Waals surface area contributed by atoms with E-state index in [1.54, 1.807) is 30.3 Å². The molecule has 0 aliphatic rings. The van der Waals surface area contributed by atoms with Crippen molar-refractivity contribution < 1.29 is 9.18 Å². The Kier molecular flexibility index (Phi) is 3.96. The second kappa shape index (κ2) is 5.66. The average Bonchev–Trinajstić information content (AvgIpc) is 2.44. The second-order valence-corrected chi connectivity index (χ2v) is 4.52. The van der Waals surface area contributed by atoms with Crippen molar-refractivity contribution in [1.82, 2.24) is 9.55 Å². The van der Waals surface area contributed by atoms with Gasteiger partial charge in [-0.2, -0.15) is 4.39 Å². The summed E-state index contributed by atoms with van der Waals surface area (Å²) >= 11 is 0.757. The van der Waals surface area contributed by atoms with Gasteiger partial charge in [-0.05, 0) is 0 Å². The lowest BCUT2D eigenvalue weighted by Gasteiger charge is -2.03. The molecule has 2 aromatic rings. The Bertz CT molecular complexity index is 709. The minimum atomic E-state index is -1.06. The van der Waals surface area contributed by atoms with E-state index in [2.05, 4.69) is 4.98 Å². The highest BCUT2D eigenvalue weighted by Gasteiger charge is 2.10. The minimum absolute atomic E-state index is 0.236. The van der Waals surface area contributed by atoms with Gasteiger partial charge in [-0.3, -0.25) is 9.59 Å². The molecule has 7 heteroatoms. The van der Waals surface area contributed by atoms with Crippen LogP contribution in [-0.2, 0) is 5.88 Å². The summed E-state index contributed by atoms with van der Waals surface area (Å²) in [6.07, 6.45) is 0.699. The van der Waals surface area contributed by atoms with Crippen LogP contribution in [0.3, 0.4) is 0 Å². The molecule has 0 saturated heterocycles. The molecule has 2 rings (SSSR count). The van der Waals surface area contributed by atoms with Gasteiger partial charge in [0.1, 0.15) is 0 Å². The lowest BCUT2D eigenvalue weighted by atomic mass is 10.2. The SMILES string of the molecule is O=C(SCn1c(=O)[nH]cc(F)c1=O)c1ccccc1. The van der Waals surface area contributed by atoms with Crippen molar-refractivity contribution in [3.63, 3.8) is 0 Å². The zero-order valence-corrected chi connectivity index (χ0v) is 10.4. The third-order valence-corrected chi connectivity index (χ3v) is 3.24. The number of halogens is 1. The van der Waals surface area contributed by atoms with Crippen LogP contribution in [0.4, 0.5) is 4.39 Å². The van der Waals surface area contributed by atoms with Crippen LogP contribution < -0.4 is 11.2 Å². The zero-order chi connectivity index (χ0) is 13.8. The Balaban J connectivity index is 2.17. The van der Waals surface area contributed by atoms with Gasteiger partial charge in [0, 0.05) is 11.8 Å². The average molecular weight is 280 g/mol. The van der Waals surface area contributed by atoms with Crippen LogP contribution in [0.25, 0.3) is 0 Å². The first-order valence-corrected chi connectivity index (χ1v) is 6.28. The molecule has 0 radical (unpaired) electrons. The predicted octanol–water partition coefficient (Wildman–Crippen LogP) is 1.21. The summed E-state index contributed by atoms with van der Waals surface area (Å²) in [4.78, 5) is 36.6. The van der Waals surface area contributed by atoms with E-state index in [0.717, 1.165) is 11.8 Å². The molecule has 0 fully saturated rings. The number of hydrogen-bond acceptors (Lipinski definition) is 4. The highest BCUT2D eigenvalue weighted by molar-refractivity contribution is 8.13. The number of nitrogens with one attached hydrogen (secondary N) is 1. The third-order valence-electron chi connectivity index (χ3n) is 2.35. The van der Waals surface area contributed by atoms with E-state index in [1.807, 2.05) is 0 Å². The molecule has 0 amide bonds. The van der Waals surface area contributed by atoms with Crippen molar-refractivity contribution >= 4 is 16.9 Å². The van der Waals surface area contributed by atoms with Crippen LogP contribution in [0.1, 0.15) is 10.4 Å². The molecule has 1 aromatic heterocycles. The lowest BCUT2D eigenvalue weighted by Crippen LogP contribution is -2.36. The zero-order valence-electron chi connectivity index (χ0n) is 9.63. The van der Waals surface area contributed by atoms with E-state index < -0.39 is 17.1 Å². The molecule has 0 unspecified atom stereocenters. The maximum Gasteiger partial charge on any atom is 0.329 e. The fourth-order valence-corrected chi connectivity index (χ4v) is 2.17. The summed E-state index contributed by atoms with van der Waals surface area (Å²) in [6.45, 7) is 0. The number of aromatic nitrogens is 2. The first-order chi connectivity index (χ1) is 9.09. The Labute approximate surface area is 111 Å². The summed E-state index contributed by atoms with van der Waals surface area (Å²) in [5.74, 6) is -1.30. The molecule has 0 aliphatic heterocycles. The highest BCUT2D eigenvalue weighted by atomic mass is 32.2. The monoisotopic (exact) mass is 280 g/mol. The van der Waals surface area contributed by atoms with Gasteiger partial charge in [0.05, 0.1) is 5.88 Å². The first kappa shape index (κ1) is 13.3. The molecule has 19 heavy (non-hydrogen) atoms. The van der Waals surface area contributed by atoms with Crippen LogP contribution in [0.2, 0.25) is 0 Å². The van der Waals surface area contributed by atoms with E-state index in [4.69, 9.17) is 0 Å². The first-order valence-electron chi connectivity index (χ1n) is 5.30. The van der Waals surface area contributed by atoms with Gasteiger partial charge in [0.25, 0.3) is 5.56 Å². The van der Waals surface area contributed by atoms with Crippen LogP contribution in [0.15, 0.2) is 46.1 Å². The maximum atomic E-state index is 13.0. The van der Waals surface area contributed by atoms with Crippen LogP contribution >= 0.6 is 11.8 Å². The number of rotatable bonds is 3. The molecule has 0 bridgehead atoms. The summed E-state index contributed by atoms with van der Waals surface area (Å²) in [5.41, 5.74) is -1.34. The van der Waals surface area contributed by atoms with Crippen molar-refractivity contribution in [1.29, 1.82) is 0 Å². The van der Waals surface area contributed by atoms with Gasteiger partial charge in [-0.1, -0.05) is 42.1 Å². The maximum absolute atomic E-state index is 13.0. The number of aromatic amines is 1. The van der Waals surface area contributed by atoms with E-state index in [-0.39, 0.29) is 11.0 Å². The molecule has 0 spiro atoms. The molecule has 98 valence electrons. The summed E-state index contributed by atoms with van der Waals surface area (Å²) in [7, 11) is 0. The van der Waals surface area contributed by atoms with E-state index in [1.165, 1.54) is 0 Å². The lowest BCUT2D eigenvalue weighted by molar-refractivity contribution is 0.108. The minimum Gasteiger partial charge on any atom is -0.311 e. The van der Waals surface area contributed by atoms with Gasteiger partial charge in [-0.15, -0.1) is 0 Å². The van der Waals surface area contributed by atoms with Crippen molar-refractivity contribution in [2.45, 2.75) is 5.88 Å². The third kappa shape index (κ3) is 3.00. The number of carbonyl (C=O) groups excluding carboxylic acids is 1. The molecule has 1 aromatic carbocycles. The molecule has 1 heterocycles. The molecule has 0 aliphatic carbocycles. The fraction of sp³-hybridized carbons (Fsp3) is 0.0833. The van der Waals surface area contributed by atoms with Crippen molar-refractivity contribution in [2.24, 2.45) is 0 Å². The van der Waals surface area contributed by atoms with Crippen LogP contribution in [-0.4, -0.2) is 14.7 Å². The van der Waals surface area contributed by atoms with Gasteiger partial charge in [0.2, 0.25) is 10.9 Å². The number of hydrogen-bond donors (Lipinski definition) is 1. The van der Waals surface area contributed by atoms with Gasteiger partial charge in [0.15, 0.2) is 0 Å². The summed E-state index contributed by atoms with van der Waals surface area (Å²) in [6, 6.07) is 8.41. The normalized spacial score (nSPS) is 10.4. The van der Waals surface area contributed by atoms with Crippen LogP contribution in [0.5, 0.6) is 0 Å². The summed E-state index contributed by atoms with van der Waals surface area (Å²) in [5, 5.41) is -0.295. The smallest absolute Gasteiger partial charge is 0.311 e. The molecule has 1 N–H and O–H groups in total. The molecule has 5 nitrogen and oxygen atoms in total. The Morgan fingerprint density at radius 2 is 1.95 bits per heavy atom. The van der Waals surface area contributed by atoms with Crippen molar-refractivity contribution in [3.8, 4) is 0 Å². The highest BCUT2D eigenvalue weighted by Crippen LogP contribution is 2.12. The quantitative estimate of drug-likeness (QED) is 0.917. The Morgan fingerprint density at radius 3 is 2.63 bits per heavy atom. The second-order valence-electron chi connectivity index (χ2n) is 3.60.